The Morgan fingerprint density at radius 2 is 1.62 bits per heavy atom. The zero-order valence-corrected chi connectivity index (χ0v) is 19.3. The highest BCUT2D eigenvalue weighted by Gasteiger charge is 2.27. The Morgan fingerprint density at radius 1 is 1.00 bits per heavy atom. The van der Waals surface area contributed by atoms with Gasteiger partial charge in [0.2, 0.25) is 5.91 Å². The Hall–Kier alpha value is -3.29. The molecule has 0 spiro atoms. The zero-order chi connectivity index (χ0) is 23.3. The average Bonchev–Trinajstić information content (AvgIpc) is 3.08. The van der Waals surface area contributed by atoms with E-state index in [0.717, 1.165) is 17.0 Å². The summed E-state index contributed by atoms with van der Waals surface area (Å²) in [5, 5.41) is 0. The number of piperazine rings is 1. The minimum atomic E-state index is -0.369. The van der Waals surface area contributed by atoms with Gasteiger partial charge in [0, 0.05) is 51.2 Å². The topological polar surface area (TPSA) is 75.1 Å². The van der Waals surface area contributed by atoms with Crippen LogP contribution in [0.3, 0.4) is 0 Å². The molecule has 1 aliphatic heterocycles. The van der Waals surface area contributed by atoms with Crippen LogP contribution in [0.4, 0.5) is 4.79 Å². The second kappa shape index (κ2) is 10.3. The number of amides is 3. The van der Waals surface area contributed by atoms with E-state index in [0.29, 0.717) is 44.9 Å². The van der Waals surface area contributed by atoms with Gasteiger partial charge in [0.15, 0.2) is 0 Å². The fourth-order valence-electron chi connectivity index (χ4n) is 4.01. The van der Waals surface area contributed by atoms with Crippen molar-refractivity contribution in [1.82, 2.24) is 19.3 Å². The highest BCUT2D eigenvalue weighted by atomic mass is 16.5. The number of aromatic nitrogens is 1. The highest BCUT2D eigenvalue weighted by Crippen LogP contribution is 2.17. The first-order chi connectivity index (χ1) is 15.3. The number of rotatable bonds is 6. The molecular weight excluding hydrogens is 408 g/mol. The summed E-state index contributed by atoms with van der Waals surface area (Å²) >= 11 is 0. The molecule has 0 saturated carbocycles. The first kappa shape index (κ1) is 23.4. The van der Waals surface area contributed by atoms with Crippen LogP contribution in [0.2, 0.25) is 0 Å². The fourth-order valence-corrected chi connectivity index (χ4v) is 4.01. The molecule has 8 nitrogen and oxygen atoms in total. The van der Waals surface area contributed by atoms with Crippen molar-refractivity contribution in [2.75, 3.05) is 39.8 Å². The van der Waals surface area contributed by atoms with Gasteiger partial charge in [0.25, 0.3) is 0 Å². The highest BCUT2D eigenvalue weighted by molar-refractivity contribution is 5.91. The lowest BCUT2D eigenvalue weighted by Crippen LogP contribution is -2.53. The molecule has 3 amide bonds. The molecule has 172 valence electrons. The summed E-state index contributed by atoms with van der Waals surface area (Å²) in [6.45, 7) is 8.49. The van der Waals surface area contributed by atoms with Gasteiger partial charge in [0.1, 0.15) is 6.54 Å². The number of carbonyl (C=O) groups excluding carboxylic acids is 3. The maximum absolute atomic E-state index is 12.9. The van der Waals surface area contributed by atoms with Crippen molar-refractivity contribution in [3.05, 3.63) is 58.9 Å². The minimum absolute atomic E-state index is 0.0213. The first-order valence-electron chi connectivity index (χ1n) is 11.0. The number of hydrogen-bond acceptors (Lipinski definition) is 4. The Labute approximate surface area is 189 Å². The van der Waals surface area contributed by atoms with Crippen LogP contribution in [0.25, 0.3) is 0 Å². The van der Waals surface area contributed by atoms with E-state index in [-0.39, 0.29) is 24.5 Å². The monoisotopic (exact) mass is 440 g/mol. The van der Waals surface area contributed by atoms with E-state index in [1.165, 1.54) is 0 Å². The van der Waals surface area contributed by atoms with Crippen LogP contribution in [-0.2, 0) is 22.6 Å². The molecule has 1 fully saturated rings. The van der Waals surface area contributed by atoms with Gasteiger partial charge in [-0.25, -0.2) is 9.59 Å². The molecule has 1 saturated heterocycles. The van der Waals surface area contributed by atoms with Crippen molar-refractivity contribution in [2.45, 2.75) is 33.9 Å². The molecule has 2 aromatic rings. The van der Waals surface area contributed by atoms with Crippen molar-refractivity contribution in [2.24, 2.45) is 0 Å². The van der Waals surface area contributed by atoms with E-state index in [2.05, 4.69) is 0 Å². The SMILES string of the molecule is CCOC(=O)c1cc(C)n(CC(=O)N2CCN(C(=O)N(C)Cc3ccccc3)CC2)c1C. The van der Waals surface area contributed by atoms with Gasteiger partial charge in [-0.15, -0.1) is 0 Å². The number of aryl methyl sites for hydroxylation is 1. The van der Waals surface area contributed by atoms with E-state index < -0.39 is 0 Å². The van der Waals surface area contributed by atoms with Gasteiger partial charge in [-0.1, -0.05) is 30.3 Å². The third kappa shape index (κ3) is 5.30. The largest absolute Gasteiger partial charge is 0.462 e. The quantitative estimate of drug-likeness (QED) is 0.648. The fraction of sp³-hybridized carbons (Fsp3) is 0.458. The summed E-state index contributed by atoms with van der Waals surface area (Å²) in [4.78, 5) is 43.1. The van der Waals surface area contributed by atoms with Gasteiger partial charge in [-0.2, -0.15) is 0 Å². The molecule has 0 atom stereocenters. The molecule has 0 N–H and O–H groups in total. The Bertz CT molecular complexity index is 962. The molecule has 1 aromatic heterocycles. The molecule has 8 heteroatoms. The van der Waals surface area contributed by atoms with E-state index in [1.807, 2.05) is 48.7 Å². The number of esters is 1. The maximum Gasteiger partial charge on any atom is 0.339 e. The molecule has 0 aliphatic carbocycles. The van der Waals surface area contributed by atoms with Gasteiger partial charge in [-0.05, 0) is 32.4 Å². The van der Waals surface area contributed by atoms with Gasteiger partial charge in [-0.3, -0.25) is 4.79 Å². The predicted molar refractivity (Wildman–Crippen MR) is 121 cm³/mol. The lowest BCUT2D eigenvalue weighted by atomic mass is 10.2. The smallest absolute Gasteiger partial charge is 0.339 e. The summed E-state index contributed by atoms with van der Waals surface area (Å²) in [7, 11) is 1.80. The van der Waals surface area contributed by atoms with E-state index in [1.54, 1.807) is 34.7 Å². The third-order valence-electron chi connectivity index (χ3n) is 5.85. The summed E-state index contributed by atoms with van der Waals surface area (Å²) < 4.78 is 6.95. The number of nitrogens with zero attached hydrogens (tertiary/aromatic N) is 4. The lowest BCUT2D eigenvalue weighted by Gasteiger charge is -2.37. The Morgan fingerprint density at radius 3 is 2.25 bits per heavy atom. The molecule has 0 bridgehead atoms. The summed E-state index contributed by atoms with van der Waals surface area (Å²) in [6, 6.07) is 11.6. The molecule has 2 heterocycles. The molecule has 32 heavy (non-hydrogen) atoms. The first-order valence-corrected chi connectivity index (χ1v) is 11.0. The average molecular weight is 441 g/mol. The summed E-state index contributed by atoms with van der Waals surface area (Å²) in [5.41, 5.74) is 3.15. The second-order valence-corrected chi connectivity index (χ2v) is 8.08. The molecule has 0 unspecified atom stereocenters. The molecule has 0 radical (unpaired) electrons. The standard InChI is InChI=1S/C24H32N4O4/c1-5-32-23(30)21-15-18(2)28(19(21)3)17-22(29)26-11-13-27(14-12-26)24(31)25(4)16-20-9-7-6-8-10-20/h6-10,15H,5,11-14,16-17H2,1-4H3. The lowest BCUT2D eigenvalue weighted by molar-refractivity contribution is -0.133. The van der Waals surface area contributed by atoms with Crippen molar-refractivity contribution in [3.8, 4) is 0 Å². The third-order valence-corrected chi connectivity index (χ3v) is 5.85. The maximum atomic E-state index is 12.9. The van der Waals surface area contributed by atoms with Crippen LogP contribution >= 0.6 is 0 Å². The summed E-state index contributed by atoms with van der Waals surface area (Å²) in [5.74, 6) is -0.391. The van der Waals surface area contributed by atoms with Crippen molar-refractivity contribution >= 4 is 17.9 Å². The predicted octanol–water partition coefficient (Wildman–Crippen LogP) is 2.68. The van der Waals surface area contributed by atoms with E-state index in [4.69, 9.17) is 4.74 Å². The number of carbonyl (C=O) groups is 3. The second-order valence-electron chi connectivity index (χ2n) is 8.08. The number of urea groups is 1. The number of ether oxygens (including phenoxy) is 1. The minimum Gasteiger partial charge on any atom is -0.462 e. The molecule has 1 aromatic carbocycles. The van der Waals surface area contributed by atoms with Crippen LogP contribution in [-0.4, -0.2) is 77.0 Å². The van der Waals surface area contributed by atoms with Crippen LogP contribution in [0, 0.1) is 13.8 Å². The molecule has 1 aliphatic rings. The van der Waals surface area contributed by atoms with Crippen LogP contribution in [0.5, 0.6) is 0 Å². The van der Waals surface area contributed by atoms with Crippen LogP contribution in [0.15, 0.2) is 36.4 Å². The number of benzene rings is 1. The normalized spacial score (nSPS) is 13.8. The van der Waals surface area contributed by atoms with Gasteiger partial charge >= 0.3 is 12.0 Å². The number of hydrogen-bond donors (Lipinski definition) is 0. The Balaban J connectivity index is 1.54. The summed E-state index contributed by atoms with van der Waals surface area (Å²) in [6.07, 6.45) is 0. The van der Waals surface area contributed by atoms with E-state index >= 15 is 0 Å². The van der Waals surface area contributed by atoms with Gasteiger partial charge < -0.3 is 24.0 Å². The van der Waals surface area contributed by atoms with Crippen molar-refractivity contribution in [3.63, 3.8) is 0 Å². The molecular formula is C24H32N4O4. The Kier molecular flexibility index (Phi) is 7.56. The van der Waals surface area contributed by atoms with Crippen molar-refractivity contribution in [1.29, 1.82) is 0 Å². The molecule has 3 rings (SSSR count). The zero-order valence-electron chi connectivity index (χ0n) is 19.3. The van der Waals surface area contributed by atoms with E-state index in [9.17, 15) is 14.4 Å². The van der Waals surface area contributed by atoms with Crippen molar-refractivity contribution < 1.29 is 19.1 Å². The van der Waals surface area contributed by atoms with Crippen LogP contribution < -0.4 is 0 Å². The van der Waals surface area contributed by atoms with Crippen LogP contribution in [0.1, 0.15) is 34.2 Å². The van der Waals surface area contributed by atoms with Gasteiger partial charge in [0.05, 0.1) is 12.2 Å².